The fourth-order valence-corrected chi connectivity index (χ4v) is 9.36. The van der Waals surface area contributed by atoms with E-state index in [9.17, 15) is 14.7 Å². The number of carbonyl (C=O) groups is 2. The van der Waals surface area contributed by atoms with Crippen molar-refractivity contribution in [2.45, 2.75) is 124 Å². The Morgan fingerprint density at radius 2 is 1.79 bits per heavy atom. The van der Waals surface area contributed by atoms with Gasteiger partial charge in [-0.15, -0.1) is 0 Å². The van der Waals surface area contributed by atoms with E-state index in [4.69, 9.17) is 4.74 Å². The molecule has 0 saturated heterocycles. The zero-order valence-electron chi connectivity index (χ0n) is 22.0. The number of hydrogen-bond acceptors (Lipinski definition) is 4. The minimum Gasteiger partial charge on any atom is -0.462 e. The summed E-state index contributed by atoms with van der Waals surface area (Å²) < 4.78 is 5.46. The van der Waals surface area contributed by atoms with Gasteiger partial charge in [-0.05, 0) is 79.4 Å². The van der Waals surface area contributed by atoms with Gasteiger partial charge in [-0.25, -0.2) is 0 Å². The number of esters is 1. The Kier molecular flexibility index (Phi) is 6.84. The van der Waals surface area contributed by atoms with Crippen LogP contribution in [0.1, 0.15) is 112 Å². The van der Waals surface area contributed by atoms with Crippen LogP contribution in [0, 0.1) is 46.3 Å². The van der Waals surface area contributed by atoms with Gasteiger partial charge in [-0.1, -0.05) is 53.9 Å². The fraction of sp³-hybridized carbons (Fsp3) is 0.931. The summed E-state index contributed by atoms with van der Waals surface area (Å²) in [5, 5.41) is 11.8. The molecule has 0 aromatic heterocycles. The minimum absolute atomic E-state index is 0.0146. The van der Waals surface area contributed by atoms with Gasteiger partial charge in [0.25, 0.3) is 0 Å². The van der Waals surface area contributed by atoms with Crippen LogP contribution in [0.15, 0.2) is 0 Å². The topological polar surface area (TPSA) is 63.6 Å². The molecule has 9 atom stereocenters. The molecule has 4 nitrogen and oxygen atoms in total. The van der Waals surface area contributed by atoms with Gasteiger partial charge in [-0.2, -0.15) is 0 Å². The summed E-state index contributed by atoms with van der Waals surface area (Å²) in [7, 11) is 0. The van der Waals surface area contributed by atoms with Gasteiger partial charge < -0.3 is 9.84 Å². The summed E-state index contributed by atoms with van der Waals surface area (Å²) in [6.45, 7) is 13.2. The first-order valence-corrected chi connectivity index (χ1v) is 13.8. The summed E-state index contributed by atoms with van der Waals surface area (Å²) in [5.74, 6) is 3.39. The molecule has 0 radical (unpaired) electrons. The van der Waals surface area contributed by atoms with Gasteiger partial charge in [0.05, 0.1) is 0 Å². The van der Waals surface area contributed by atoms with Gasteiger partial charge in [0.1, 0.15) is 11.7 Å². The molecule has 0 aromatic carbocycles. The quantitative estimate of drug-likeness (QED) is 0.470. The van der Waals surface area contributed by atoms with Crippen molar-refractivity contribution in [3.63, 3.8) is 0 Å². The summed E-state index contributed by atoms with van der Waals surface area (Å²) in [5.41, 5.74) is -1.41. The smallest absolute Gasteiger partial charge is 0.302 e. The number of carbonyl (C=O) groups excluding carboxylic acids is 2. The highest BCUT2D eigenvalue weighted by Crippen LogP contribution is 2.68. The van der Waals surface area contributed by atoms with Crippen molar-refractivity contribution >= 4 is 11.8 Å². The second kappa shape index (κ2) is 8.95. The molecular formula is C29H48O4. The molecule has 4 rings (SSSR count). The molecule has 4 fully saturated rings. The molecule has 4 aliphatic carbocycles. The SMILES string of the molecule is CC(=O)O[C@@H]1CC[C@]2(C)[C@H]3CC[C@]4(C)[C@@H]([C@H](C)CCCC(C)C)CC[C@H]4[C@@H]3CC(=O)[C@]2(O)C1. The lowest BCUT2D eigenvalue weighted by atomic mass is 9.42. The summed E-state index contributed by atoms with van der Waals surface area (Å²) >= 11 is 0. The maximum atomic E-state index is 13.6. The molecule has 4 aliphatic rings. The minimum atomic E-state index is -1.34. The number of ether oxygens (including phenoxy) is 1. The molecule has 4 heteroatoms. The maximum Gasteiger partial charge on any atom is 0.302 e. The molecule has 4 saturated carbocycles. The Labute approximate surface area is 201 Å². The molecule has 0 bridgehead atoms. The van der Waals surface area contributed by atoms with Crippen molar-refractivity contribution in [3.8, 4) is 0 Å². The molecule has 0 amide bonds. The largest absolute Gasteiger partial charge is 0.462 e. The van der Waals surface area contributed by atoms with E-state index >= 15 is 0 Å². The first-order chi connectivity index (χ1) is 15.4. The van der Waals surface area contributed by atoms with E-state index in [1.54, 1.807) is 0 Å². The van der Waals surface area contributed by atoms with Crippen LogP contribution in [-0.2, 0) is 14.3 Å². The monoisotopic (exact) mass is 460 g/mol. The van der Waals surface area contributed by atoms with Gasteiger partial charge in [0.15, 0.2) is 5.78 Å². The first kappa shape index (κ1) is 25.2. The molecule has 1 N–H and O–H groups in total. The molecule has 0 aromatic rings. The normalized spacial score (nSPS) is 45.8. The van der Waals surface area contributed by atoms with E-state index in [0.717, 1.165) is 37.0 Å². The Balaban J connectivity index is 1.52. The summed E-state index contributed by atoms with van der Waals surface area (Å²) in [4.78, 5) is 25.1. The lowest BCUT2D eigenvalue weighted by Crippen LogP contribution is -2.67. The van der Waals surface area contributed by atoms with Crippen LogP contribution in [0.5, 0.6) is 0 Å². The number of ketones is 1. The van der Waals surface area contributed by atoms with Crippen molar-refractivity contribution in [2.24, 2.45) is 46.3 Å². The maximum absolute atomic E-state index is 13.6. The van der Waals surface area contributed by atoms with Crippen molar-refractivity contribution in [3.05, 3.63) is 0 Å². The van der Waals surface area contributed by atoms with Gasteiger partial charge in [0, 0.05) is 25.2 Å². The highest BCUT2D eigenvalue weighted by atomic mass is 16.5. The summed E-state index contributed by atoms with van der Waals surface area (Å²) in [6.07, 6.45) is 10.9. The first-order valence-electron chi connectivity index (χ1n) is 13.8. The van der Waals surface area contributed by atoms with E-state index in [1.807, 2.05) is 0 Å². The number of fused-ring (bicyclic) bond motifs is 5. The Hall–Kier alpha value is -0.900. The van der Waals surface area contributed by atoms with Crippen LogP contribution in [0.4, 0.5) is 0 Å². The third kappa shape index (κ3) is 4.10. The Bertz CT molecular complexity index is 761. The van der Waals surface area contributed by atoms with Crippen molar-refractivity contribution in [2.75, 3.05) is 0 Å². The number of aliphatic hydroxyl groups is 1. The Morgan fingerprint density at radius 3 is 2.45 bits per heavy atom. The third-order valence-corrected chi connectivity index (χ3v) is 11.1. The highest BCUT2D eigenvalue weighted by Gasteiger charge is 2.68. The van der Waals surface area contributed by atoms with E-state index in [1.165, 1.54) is 45.4 Å². The fourth-order valence-electron chi connectivity index (χ4n) is 9.36. The van der Waals surface area contributed by atoms with E-state index in [-0.39, 0.29) is 24.3 Å². The number of hydrogen-bond donors (Lipinski definition) is 1. The van der Waals surface area contributed by atoms with Crippen LogP contribution in [0.25, 0.3) is 0 Å². The molecule has 0 aliphatic heterocycles. The van der Waals surface area contributed by atoms with Crippen LogP contribution >= 0.6 is 0 Å². The standard InChI is InChI=1S/C29H48O4/c1-18(2)8-7-9-19(3)23-10-11-24-22-16-26(31)29(32)17-21(33-20(4)30)12-15-28(29,6)25(22)13-14-27(23,24)5/h18-19,21-25,32H,7-17H2,1-6H3/t19-,21-,22+,23-,24+,25+,27-,28-,29-/m1/s1. The second-order valence-corrected chi connectivity index (χ2v) is 13.3. The predicted molar refractivity (Wildman–Crippen MR) is 130 cm³/mol. The average molecular weight is 461 g/mol. The van der Waals surface area contributed by atoms with Crippen molar-refractivity contribution in [1.29, 1.82) is 0 Å². The molecule has 33 heavy (non-hydrogen) atoms. The third-order valence-electron chi connectivity index (χ3n) is 11.1. The Morgan fingerprint density at radius 1 is 1.06 bits per heavy atom. The lowest BCUT2D eigenvalue weighted by molar-refractivity contribution is -0.217. The van der Waals surface area contributed by atoms with Crippen LogP contribution in [-0.4, -0.2) is 28.6 Å². The van der Waals surface area contributed by atoms with Crippen molar-refractivity contribution < 1.29 is 19.4 Å². The highest BCUT2D eigenvalue weighted by molar-refractivity contribution is 5.89. The van der Waals surface area contributed by atoms with Crippen LogP contribution < -0.4 is 0 Å². The van der Waals surface area contributed by atoms with Gasteiger partial charge in [-0.3, -0.25) is 9.59 Å². The molecular weight excluding hydrogens is 412 g/mol. The molecule has 0 heterocycles. The van der Waals surface area contributed by atoms with E-state index < -0.39 is 11.0 Å². The zero-order valence-corrected chi connectivity index (χ0v) is 22.0. The molecule has 0 unspecified atom stereocenters. The van der Waals surface area contributed by atoms with Crippen LogP contribution in [0.3, 0.4) is 0 Å². The van der Waals surface area contributed by atoms with Crippen molar-refractivity contribution in [1.82, 2.24) is 0 Å². The lowest BCUT2D eigenvalue weighted by Gasteiger charge is -2.63. The zero-order chi connectivity index (χ0) is 24.2. The van der Waals surface area contributed by atoms with Gasteiger partial charge >= 0.3 is 5.97 Å². The van der Waals surface area contributed by atoms with Gasteiger partial charge in [0.2, 0.25) is 0 Å². The van der Waals surface area contributed by atoms with Crippen LogP contribution in [0.2, 0.25) is 0 Å². The summed E-state index contributed by atoms with van der Waals surface area (Å²) in [6, 6.07) is 0. The van der Waals surface area contributed by atoms with E-state index in [0.29, 0.717) is 29.6 Å². The molecule has 0 spiro atoms. The number of rotatable bonds is 6. The average Bonchev–Trinajstić information content (AvgIpc) is 3.07. The predicted octanol–water partition coefficient (Wildman–Crippen LogP) is 6.33. The second-order valence-electron chi connectivity index (χ2n) is 13.3. The number of Topliss-reactive ketones (excluding diaryl/α,β-unsaturated/α-hetero) is 1. The molecule has 188 valence electrons. The van der Waals surface area contributed by atoms with E-state index in [2.05, 4.69) is 34.6 Å².